The number of carbonyl (C=O) groups is 2. The first-order valence-electron chi connectivity index (χ1n) is 6.20. The number of para-hydroxylation sites is 1. The number of hydrogen-bond acceptors (Lipinski definition) is 5. The third-order valence-corrected chi connectivity index (χ3v) is 2.79. The molecule has 1 aliphatic rings. The maximum Gasteiger partial charge on any atom is 0.246 e. The molecule has 1 heterocycles. The zero-order chi connectivity index (χ0) is 13.8. The van der Waals surface area contributed by atoms with E-state index in [0.717, 1.165) is 6.42 Å². The topological polar surface area (TPSA) is 84.7 Å². The number of imide groups is 1. The lowest BCUT2D eigenvalue weighted by molar-refractivity contribution is -0.130. The average molecular weight is 263 g/mol. The van der Waals surface area contributed by atoms with Gasteiger partial charge in [0.05, 0.1) is 31.1 Å². The molecule has 0 spiro atoms. The van der Waals surface area contributed by atoms with Gasteiger partial charge in [0.15, 0.2) is 0 Å². The number of carbonyl (C=O) groups excluding carboxylic acids is 2. The molecular formula is C13H17N3O3. The van der Waals surface area contributed by atoms with E-state index in [-0.39, 0.29) is 24.9 Å². The fourth-order valence-electron chi connectivity index (χ4n) is 1.95. The first kappa shape index (κ1) is 13.2. The number of hydrogen-bond donors (Lipinski definition) is 2. The van der Waals surface area contributed by atoms with E-state index < -0.39 is 0 Å². The van der Waals surface area contributed by atoms with Crippen molar-refractivity contribution in [1.29, 1.82) is 0 Å². The van der Waals surface area contributed by atoms with Crippen LogP contribution in [0.15, 0.2) is 18.2 Å². The Balaban J connectivity index is 2.24. The second-order valence-corrected chi connectivity index (χ2v) is 4.36. The summed E-state index contributed by atoms with van der Waals surface area (Å²) in [4.78, 5) is 24.4. The van der Waals surface area contributed by atoms with E-state index in [0.29, 0.717) is 23.7 Å². The van der Waals surface area contributed by atoms with Gasteiger partial charge in [-0.2, -0.15) is 0 Å². The summed E-state index contributed by atoms with van der Waals surface area (Å²) in [5, 5.41) is 2.26. The predicted molar refractivity (Wildman–Crippen MR) is 72.0 cm³/mol. The lowest BCUT2D eigenvalue weighted by Crippen LogP contribution is -2.51. The van der Waals surface area contributed by atoms with Crippen molar-refractivity contribution >= 4 is 23.2 Å². The Morgan fingerprint density at radius 1 is 1.32 bits per heavy atom. The van der Waals surface area contributed by atoms with Crippen molar-refractivity contribution in [2.45, 2.75) is 13.3 Å². The molecule has 0 bridgehead atoms. The second kappa shape index (κ2) is 5.60. The maximum atomic E-state index is 11.4. The van der Waals surface area contributed by atoms with E-state index >= 15 is 0 Å². The van der Waals surface area contributed by atoms with Crippen molar-refractivity contribution in [3.63, 3.8) is 0 Å². The summed E-state index contributed by atoms with van der Waals surface area (Å²) in [6, 6.07) is 5.36. The molecule has 0 unspecified atom stereocenters. The number of nitrogen functional groups attached to an aromatic ring is 1. The maximum absolute atomic E-state index is 11.4. The minimum absolute atomic E-state index is 0.118. The summed E-state index contributed by atoms with van der Waals surface area (Å²) in [5.74, 6) is -0.0659. The Hall–Kier alpha value is -2.24. The number of nitrogens with two attached hydrogens (primary N) is 1. The van der Waals surface area contributed by atoms with Crippen molar-refractivity contribution in [3.05, 3.63) is 18.2 Å². The molecule has 0 radical (unpaired) electrons. The highest BCUT2D eigenvalue weighted by Crippen LogP contribution is 2.32. The van der Waals surface area contributed by atoms with Crippen molar-refractivity contribution in [2.75, 3.05) is 30.3 Å². The standard InChI is InChI=1S/C13H17N3O3/c1-2-6-19-10-5-3-4-9(13(10)14)16-7-11(17)15-12(18)8-16/h3-5H,2,6-8,14H2,1H3,(H,15,17,18). The summed E-state index contributed by atoms with van der Waals surface area (Å²) in [6.45, 7) is 2.82. The first-order valence-corrected chi connectivity index (χ1v) is 6.20. The minimum Gasteiger partial charge on any atom is -0.491 e. The van der Waals surface area contributed by atoms with Gasteiger partial charge in [0.1, 0.15) is 5.75 Å². The molecule has 1 aliphatic heterocycles. The van der Waals surface area contributed by atoms with E-state index in [2.05, 4.69) is 5.32 Å². The van der Waals surface area contributed by atoms with Crippen LogP contribution in [0.4, 0.5) is 11.4 Å². The lowest BCUT2D eigenvalue weighted by atomic mass is 10.2. The molecule has 2 rings (SSSR count). The number of nitrogens with zero attached hydrogens (tertiary/aromatic N) is 1. The molecule has 19 heavy (non-hydrogen) atoms. The van der Waals surface area contributed by atoms with E-state index in [1.54, 1.807) is 23.1 Å². The molecule has 3 N–H and O–H groups in total. The number of piperazine rings is 1. The molecular weight excluding hydrogens is 246 g/mol. The molecule has 1 aromatic rings. The number of amides is 2. The fourth-order valence-corrected chi connectivity index (χ4v) is 1.95. The molecule has 0 aromatic heterocycles. The van der Waals surface area contributed by atoms with Gasteiger partial charge in [-0.1, -0.05) is 13.0 Å². The monoisotopic (exact) mass is 263 g/mol. The van der Waals surface area contributed by atoms with Crippen LogP contribution in [0, 0.1) is 0 Å². The smallest absolute Gasteiger partial charge is 0.246 e. The zero-order valence-corrected chi connectivity index (χ0v) is 10.8. The third kappa shape index (κ3) is 2.96. The molecule has 0 atom stereocenters. The zero-order valence-electron chi connectivity index (χ0n) is 10.8. The largest absolute Gasteiger partial charge is 0.491 e. The molecule has 1 saturated heterocycles. The van der Waals surface area contributed by atoms with Crippen molar-refractivity contribution in [1.82, 2.24) is 5.32 Å². The van der Waals surface area contributed by atoms with Gasteiger partial charge in [-0.15, -0.1) is 0 Å². The van der Waals surface area contributed by atoms with Gasteiger partial charge in [0.2, 0.25) is 11.8 Å². The van der Waals surface area contributed by atoms with Gasteiger partial charge in [-0.3, -0.25) is 14.9 Å². The normalized spacial score (nSPS) is 15.3. The van der Waals surface area contributed by atoms with Crippen LogP contribution in [0.2, 0.25) is 0 Å². The predicted octanol–water partition coefficient (Wildman–Crippen LogP) is 0.520. The van der Waals surface area contributed by atoms with Crippen LogP contribution in [-0.4, -0.2) is 31.5 Å². The van der Waals surface area contributed by atoms with Crippen molar-refractivity contribution < 1.29 is 14.3 Å². The van der Waals surface area contributed by atoms with Crippen LogP contribution >= 0.6 is 0 Å². The van der Waals surface area contributed by atoms with Crippen LogP contribution in [-0.2, 0) is 9.59 Å². The summed E-state index contributed by atoms with van der Waals surface area (Å²) < 4.78 is 5.53. The summed E-state index contributed by atoms with van der Waals surface area (Å²) in [7, 11) is 0. The number of nitrogens with one attached hydrogen (secondary N) is 1. The van der Waals surface area contributed by atoms with E-state index in [1.165, 1.54) is 0 Å². The Kier molecular flexibility index (Phi) is 3.89. The fraction of sp³-hybridized carbons (Fsp3) is 0.385. The third-order valence-electron chi connectivity index (χ3n) is 2.79. The van der Waals surface area contributed by atoms with Crippen LogP contribution in [0.25, 0.3) is 0 Å². The molecule has 6 nitrogen and oxygen atoms in total. The molecule has 1 aromatic carbocycles. The average Bonchev–Trinajstić information content (AvgIpc) is 2.36. The van der Waals surface area contributed by atoms with Crippen LogP contribution in [0.3, 0.4) is 0 Å². The van der Waals surface area contributed by atoms with Gasteiger partial charge in [0, 0.05) is 0 Å². The first-order chi connectivity index (χ1) is 9.11. The number of rotatable bonds is 4. The molecule has 102 valence electrons. The van der Waals surface area contributed by atoms with Crippen LogP contribution < -0.4 is 20.7 Å². The van der Waals surface area contributed by atoms with E-state index in [9.17, 15) is 9.59 Å². The SMILES string of the molecule is CCCOc1cccc(N2CC(=O)NC(=O)C2)c1N. The Morgan fingerprint density at radius 3 is 2.63 bits per heavy atom. The molecule has 1 fully saturated rings. The Labute approximate surface area is 111 Å². The highest BCUT2D eigenvalue weighted by atomic mass is 16.5. The highest BCUT2D eigenvalue weighted by molar-refractivity contribution is 6.03. The summed E-state index contributed by atoms with van der Waals surface area (Å²) >= 11 is 0. The number of ether oxygens (including phenoxy) is 1. The van der Waals surface area contributed by atoms with Gasteiger partial charge in [0.25, 0.3) is 0 Å². The van der Waals surface area contributed by atoms with E-state index in [1.807, 2.05) is 6.92 Å². The lowest BCUT2D eigenvalue weighted by Gasteiger charge is -2.28. The quantitative estimate of drug-likeness (QED) is 0.611. The number of benzene rings is 1. The van der Waals surface area contributed by atoms with Crippen molar-refractivity contribution in [3.8, 4) is 5.75 Å². The molecule has 2 amide bonds. The minimum atomic E-state index is -0.324. The van der Waals surface area contributed by atoms with Crippen LogP contribution in [0.5, 0.6) is 5.75 Å². The van der Waals surface area contributed by atoms with Gasteiger partial charge in [-0.25, -0.2) is 0 Å². The second-order valence-electron chi connectivity index (χ2n) is 4.36. The van der Waals surface area contributed by atoms with Gasteiger partial charge >= 0.3 is 0 Å². The van der Waals surface area contributed by atoms with E-state index in [4.69, 9.17) is 10.5 Å². The molecule has 0 saturated carbocycles. The van der Waals surface area contributed by atoms with Crippen LogP contribution in [0.1, 0.15) is 13.3 Å². The molecule has 6 heteroatoms. The summed E-state index contributed by atoms with van der Waals surface area (Å²) in [5.41, 5.74) is 7.14. The van der Waals surface area contributed by atoms with Crippen molar-refractivity contribution in [2.24, 2.45) is 0 Å². The highest BCUT2D eigenvalue weighted by Gasteiger charge is 2.24. The summed E-state index contributed by atoms with van der Waals surface area (Å²) in [6.07, 6.45) is 0.883. The Bertz CT molecular complexity index is 486. The Morgan fingerprint density at radius 2 is 2.00 bits per heavy atom. The molecule has 0 aliphatic carbocycles. The van der Waals surface area contributed by atoms with Gasteiger partial charge < -0.3 is 15.4 Å². The van der Waals surface area contributed by atoms with Gasteiger partial charge in [-0.05, 0) is 18.6 Å². The number of anilines is 2.